The number of nitrogens with zero attached hydrogens (tertiary/aromatic N) is 1. The molecule has 2 unspecified atom stereocenters. The first kappa shape index (κ1) is 13.7. The van der Waals surface area contributed by atoms with Gasteiger partial charge in [0.2, 0.25) is 0 Å². The summed E-state index contributed by atoms with van der Waals surface area (Å²) in [6, 6.07) is 11.2. The number of benzene rings is 1. The lowest BCUT2D eigenvalue weighted by atomic mass is 9.97. The van der Waals surface area contributed by atoms with E-state index in [1.54, 1.807) is 18.3 Å². The number of aromatic nitrogens is 1. The molecule has 0 amide bonds. The van der Waals surface area contributed by atoms with Gasteiger partial charge in [-0.1, -0.05) is 42.3 Å². The van der Waals surface area contributed by atoms with Crippen molar-refractivity contribution in [3.63, 3.8) is 0 Å². The van der Waals surface area contributed by atoms with E-state index in [9.17, 15) is 0 Å². The van der Waals surface area contributed by atoms with Crippen molar-refractivity contribution < 1.29 is 0 Å². The molecule has 2 atom stereocenters. The lowest BCUT2D eigenvalue weighted by Gasteiger charge is -2.20. The quantitative estimate of drug-likeness (QED) is 0.685. The van der Waals surface area contributed by atoms with Gasteiger partial charge in [0.05, 0.1) is 5.38 Å². The van der Waals surface area contributed by atoms with Gasteiger partial charge in [-0.15, -0.1) is 11.6 Å². The molecule has 0 N–H and O–H groups in total. The Morgan fingerprint density at radius 1 is 1.00 bits per heavy atom. The zero-order chi connectivity index (χ0) is 13.1. The standard InChI is InChI=1S/C14H12Cl3N/c1-9(12-7-2-3-8-18-12)14(17)13-10(15)5-4-6-11(13)16/h2-9,14H,1H3. The average molecular weight is 301 g/mol. The fourth-order valence-corrected chi connectivity index (χ4v) is 2.93. The second-order valence-electron chi connectivity index (χ2n) is 4.08. The number of hydrogen-bond donors (Lipinski definition) is 0. The number of pyridine rings is 1. The first-order valence-electron chi connectivity index (χ1n) is 5.60. The van der Waals surface area contributed by atoms with Crippen molar-refractivity contribution in [2.75, 3.05) is 0 Å². The monoisotopic (exact) mass is 299 g/mol. The van der Waals surface area contributed by atoms with Crippen LogP contribution < -0.4 is 0 Å². The summed E-state index contributed by atoms with van der Waals surface area (Å²) in [5.41, 5.74) is 1.69. The molecule has 0 spiro atoms. The van der Waals surface area contributed by atoms with E-state index in [2.05, 4.69) is 4.98 Å². The Morgan fingerprint density at radius 2 is 1.67 bits per heavy atom. The Labute approximate surface area is 122 Å². The molecule has 1 aromatic carbocycles. The number of halogens is 3. The van der Waals surface area contributed by atoms with E-state index < -0.39 is 0 Å². The third-order valence-electron chi connectivity index (χ3n) is 2.87. The Morgan fingerprint density at radius 3 is 2.22 bits per heavy atom. The molecular weight excluding hydrogens is 289 g/mol. The predicted molar refractivity (Wildman–Crippen MR) is 77.7 cm³/mol. The van der Waals surface area contributed by atoms with Gasteiger partial charge in [0.1, 0.15) is 0 Å². The largest absolute Gasteiger partial charge is 0.261 e. The fourth-order valence-electron chi connectivity index (χ4n) is 1.82. The summed E-state index contributed by atoms with van der Waals surface area (Å²) in [5.74, 6) is 0.0327. The molecule has 4 heteroatoms. The molecule has 0 aliphatic carbocycles. The third kappa shape index (κ3) is 2.80. The molecule has 0 bridgehead atoms. The molecule has 2 aromatic rings. The van der Waals surface area contributed by atoms with E-state index in [1.165, 1.54) is 0 Å². The van der Waals surface area contributed by atoms with Gasteiger partial charge in [0.15, 0.2) is 0 Å². The van der Waals surface area contributed by atoms with E-state index in [4.69, 9.17) is 34.8 Å². The molecule has 0 aliphatic rings. The molecule has 1 nitrogen and oxygen atoms in total. The van der Waals surface area contributed by atoms with Crippen molar-refractivity contribution in [2.45, 2.75) is 18.2 Å². The molecule has 0 saturated heterocycles. The average Bonchev–Trinajstić information content (AvgIpc) is 2.38. The second kappa shape index (κ2) is 5.92. The van der Waals surface area contributed by atoms with Crippen LogP contribution in [-0.4, -0.2) is 4.98 Å². The summed E-state index contributed by atoms with van der Waals surface area (Å²) in [4.78, 5) is 4.31. The fraction of sp³-hybridized carbons (Fsp3) is 0.214. The topological polar surface area (TPSA) is 12.9 Å². The van der Waals surface area contributed by atoms with Crippen molar-refractivity contribution in [3.05, 3.63) is 63.9 Å². The van der Waals surface area contributed by atoms with Crippen LogP contribution in [0, 0.1) is 0 Å². The van der Waals surface area contributed by atoms with Gasteiger partial charge in [-0.3, -0.25) is 4.98 Å². The van der Waals surface area contributed by atoms with Crippen LogP contribution in [0.15, 0.2) is 42.6 Å². The van der Waals surface area contributed by atoms with Gasteiger partial charge in [-0.05, 0) is 24.3 Å². The minimum atomic E-state index is -0.305. The van der Waals surface area contributed by atoms with Crippen LogP contribution in [-0.2, 0) is 0 Å². The van der Waals surface area contributed by atoms with Gasteiger partial charge >= 0.3 is 0 Å². The molecule has 0 aliphatic heterocycles. The number of hydrogen-bond acceptors (Lipinski definition) is 1. The molecule has 0 fully saturated rings. The Balaban J connectivity index is 2.34. The van der Waals surface area contributed by atoms with Crippen LogP contribution >= 0.6 is 34.8 Å². The van der Waals surface area contributed by atoms with E-state index in [0.717, 1.165) is 11.3 Å². The maximum Gasteiger partial charge on any atom is 0.0695 e. The SMILES string of the molecule is CC(c1ccccn1)C(Cl)c1c(Cl)cccc1Cl. The highest BCUT2D eigenvalue weighted by molar-refractivity contribution is 6.37. The Bertz CT molecular complexity index is 508. The summed E-state index contributed by atoms with van der Waals surface area (Å²) < 4.78 is 0. The minimum absolute atomic E-state index is 0.0327. The highest BCUT2D eigenvalue weighted by Crippen LogP contribution is 2.41. The zero-order valence-corrected chi connectivity index (χ0v) is 12.0. The summed E-state index contributed by atoms with van der Waals surface area (Å²) in [7, 11) is 0. The lowest BCUT2D eigenvalue weighted by molar-refractivity contribution is 0.707. The highest BCUT2D eigenvalue weighted by atomic mass is 35.5. The first-order chi connectivity index (χ1) is 8.61. The highest BCUT2D eigenvalue weighted by Gasteiger charge is 2.23. The molecular formula is C14H12Cl3N. The normalized spacial score (nSPS) is 14.2. The minimum Gasteiger partial charge on any atom is -0.261 e. The van der Waals surface area contributed by atoms with Crippen molar-refractivity contribution >= 4 is 34.8 Å². The van der Waals surface area contributed by atoms with Crippen LogP contribution in [0.25, 0.3) is 0 Å². The maximum atomic E-state index is 6.49. The van der Waals surface area contributed by atoms with E-state index in [0.29, 0.717) is 10.0 Å². The van der Waals surface area contributed by atoms with Gasteiger partial charge in [-0.25, -0.2) is 0 Å². The van der Waals surface area contributed by atoms with E-state index in [-0.39, 0.29) is 11.3 Å². The molecule has 1 heterocycles. The van der Waals surface area contributed by atoms with Gasteiger partial charge in [-0.2, -0.15) is 0 Å². The predicted octanol–water partition coefficient (Wildman–Crippen LogP) is 5.47. The molecule has 0 saturated carbocycles. The van der Waals surface area contributed by atoms with Gasteiger partial charge in [0.25, 0.3) is 0 Å². The van der Waals surface area contributed by atoms with Crippen LogP contribution in [0.2, 0.25) is 10.0 Å². The van der Waals surface area contributed by atoms with Crippen LogP contribution in [0.4, 0.5) is 0 Å². The van der Waals surface area contributed by atoms with Crippen molar-refractivity contribution in [1.29, 1.82) is 0 Å². The third-order valence-corrected chi connectivity index (χ3v) is 4.12. The molecule has 18 heavy (non-hydrogen) atoms. The zero-order valence-electron chi connectivity index (χ0n) is 9.78. The summed E-state index contributed by atoms with van der Waals surface area (Å²) >= 11 is 18.8. The summed E-state index contributed by atoms with van der Waals surface area (Å²) in [5, 5.41) is 0.872. The number of alkyl halides is 1. The molecule has 0 radical (unpaired) electrons. The smallest absolute Gasteiger partial charge is 0.0695 e. The summed E-state index contributed by atoms with van der Waals surface area (Å²) in [6.07, 6.45) is 1.75. The Hall–Kier alpha value is -0.760. The van der Waals surface area contributed by atoms with Crippen LogP contribution in [0.1, 0.15) is 29.5 Å². The van der Waals surface area contributed by atoms with Gasteiger partial charge in [0, 0.05) is 33.4 Å². The van der Waals surface area contributed by atoms with E-state index in [1.807, 2.05) is 31.2 Å². The Kier molecular flexibility index (Phi) is 4.50. The van der Waals surface area contributed by atoms with Crippen molar-refractivity contribution in [2.24, 2.45) is 0 Å². The van der Waals surface area contributed by atoms with Crippen LogP contribution in [0.3, 0.4) is 0 Å². The first-order valence-corrected chi connectivity index (χ1v) is 6.79. The molecule has 94 valence electrons. The van der Waals surface area contributed by atoms with Crippen molar-refractivity contribution in [3.8, 4) is 0 Å². The van der Waals surface area contributed by atoms with E-state index >= 15 is 0 Å². The lowest BCUT2D eigenvalue weighted by Crippen LogP contribution is -2.05. The van der Waals surface area contributed by atoms with Crippen LogP contribution in [0.5, 0.6) is 0 Å². The van der Waals surface area contributed by atoms with Crippen molar-refractivity contribution in [1.82, 2.24) is 4.98 Å². The maximum absolute atomic E-state index is 6.49. The molecule has 1 aromatic heterocycles. The van der Waals surface area contributed by atoms with Gasteiger partial charge < -0.3 is 0 Å². The molecule has 2 rings (SSSR count). The summed E-state index contributed by atoms with van der Waals surface area (Å²) in [6.45, 7) is 2.01. The second-order valence-corrected chi connectivity index (χ2v) is 5.36. The number of rotatable bonds is 3.